The summed E-state index contributed by atoms with van der Waals surface area (Å²) in [5, 5.41) is 9.98. The van der Waals surface area contributed by atoms with Crippen LogP contribution >= 0.6 is 11.3 Å². The van der Waals surface area contributed by atoms with Gasteiger partial charge in [-0.3, -0.25) is 0 Å². The number of thiophene rings is 1. The maximum atomic E-state index is 6.04. The summed E-state index contributed by atoms with van der Waals surface area (Å²) in [4.78, 5) is 1.02. The Kier molecular flexibility index (Phi) is 6.05. The Balaban J connectivity index is 1.79. The summed E-state index contributed by atoms with van der Waals surface area (Å²) < 4.78 is 8.42. The van der Waals surface area contributed by atoms with Gasteiger partial charge in [-0.1, -0.05) is 0 Å². The van der Waals surface area contributed by atoms with Crippen molar-refractivity contribution in [2.75, 3.05) is 0 Å². The molecule has 1 aromatic heterocycles. The Morgan fingerprint density at radius 3 is 2.08 bits per heavy atom. The molecule has 0 fully saturated rings. The fourth-order valence-corrected chi connectivity index (χ4v) is 7.20. The Morgan fingerprint density at radius 1 is 0.917 bits per heavy atom. The van der Waals surface area contributed by atoms with E-state index in [1.54, 1.807) is 17.6 Å². The third-order valence-corrected chi connectivity index (χ3v) is 9.29. The Hall–Kier alpha value is -2.10. The van der Waals surface area contributed by atoms with Crippen molar-refractivity contribution in [2.45, 2.75) is 0 Å². The van der Waals surface area contributed by atoms with Crippen molar-refractivity contribution in [1.29, 1.82) is 0 Å². The van der Waals surface area contributed by atoms with Crippen LogP contribution in [-0.2, 0) is 3.02 Å². The summed E-state index contributed by atoms with van der Waals surface area (Å²) in [6.07, 6.45) is 1.67. The minimum absolute atomic E-state index is 0.110. The van der Waals surface area contributed by atoms with E-state index in [1.165, 1.54) is 7.02 Å². The summed E-state index contributed by atoms with van der Waals surface area (Å²) in [5.41, 5.74) is 5.95. The van der Waals surface area contributed by atoms with Gasteiger partial charge in [0.2, 0.25) is 0 Å². The Bertz CT molecular complexity index is 765. The Morgan fingerprint density at radius 2 is 1.54 bits per heavy atom. The molecule has 4 nitrogen and oxygen atoms in total. The van der Waals surface area contributed by atoms with E-state index in [0.717, 1.165) is 4.88 Å². The third kappa shape index (κ3) is 4.70. The molecule has 0 saturated heterocycles. The van der Waals surface area contributed by atoms with Crippen LogP contribution in [0.2, 0.25) is 0 Å². The van der Waals surface area contributed by atoms with Crippen molar-refractivity contribution in [1.82, 2.24) is 0 Å². The van der Waals surface area contributed by atoms with Crippen LogP contribution < -0.4 is 12.8 Å². The van der Waals surface area contributed by atoms with E-state index in [9.17, 15) is 0 Å². The normalized spacial score (nSPS) is 12.0. The van der Waals surface area contributed by atoms with E-state index in [2.05, 4.69) is 34.5 Å². The molecule has 2 N–H and O–H groups in total. The van der Waals surface area contributed by atoms with Crippen molar-refractivity contribution < 1.29 is 3.02 Å². The second-order valence-electron chi connectivity index (χ2n) is 4.75. The van der Waals surface area contributed by atoms with E-state index in [-0.39, 0.29) is 6.02 Å². The first kappa shape index (κ1) is 16.7. The molecule has 0 atom stereocenters. The first-order valence-electron chi connectivity index (χ1n) is 7.31. The molecule has 2 aromatic carbocycles. The molecule has 6 heteroatoms. The SMILES string of the molecule is N/C(=N\N=C\c1cccs1)[O][Sb]([c]1ccccc1)[c]1ccccc1. The van der Waals surface area contributed by atoms with E-state index >= 15 is 0 Å². The van der Waals surface area contributed by atoms with Crippen LogP contribution in [0.15, 0.2) is 88.4 Å². The van der Waals surface area contributed by atoms with Gasteiger partial charge in [0.25, 0.3) is 0 Å². The van der Waals surface area contributed by atoms with Crippen molar-refractivity contribution in [3.05, 3.63) is 83.1 Å². The van der Waals surface area contributed by atoms with Crippen LogP contribution in [0.3, 0.4) is 0 Å². The van der Waals surface area contributed by atoms with Crippen LogP contribution in [0, 0.1) is 0 Å². The Labute approximate surface area is 152 Å². The first-order chi connectivity index (χ1) is 11.8. The molecule has 3 rings (SSSR count). The molecule has 0 aliphatic heterocycles. The number of hydrogen-bond donors (Lipinski definition) is 1. The number of hydrogen-bond acceptors (Lipinski definition) is 4. The van der Waals surface area contributed by atoms with Crippen LogP contribution in [0.4, 0.5) is 0 Å². The summed E-state index contributed by atoms with van der Waals surface area (Å²) in [5.74, 6) is 0. The van der Waals surface area contributed by atoms with Gasteiger partial charge in [-0.15, -0.1) is 0 Å². The second-order valence-corrected chi connectivity index (χ2v) is 10.9. The summed E-state index contributed by atoms with van der Waals surface area (Å²) in [6, 6.07) is 24.4. The molecule has 0 spiro atoms. The van der Waals surface area contributed by atoms with Gasteiger partial charge < -0.3 is 0 Å². The van der Waals surface area contributed by atoms with Gasteiger partial charge in [0.1, 0.15) is 0 Å². The van der Waals surface area contributed by atoms with E-state index in [1.807, 2.05) is 53.9 Å². The van der Waals surface area contributed by atoms with Crippen LogP contribution in [0.25, 0.3) is 0 Å². The third-order valence-electron chi connectivity index (χ3n) is 3.05. The fourth-order valence-electron chi connectivity index (χ4n) is 2.00. The summed E-state index contributed by atoms with van der Waals surface area (Å²) >= 11 is -0.862. The monoisotopic (exact) mass is 443 g/mol. The molecule has 3 aromatic rings. The van der Waals surface area contributed by atoms with Crippen LogP contribution in [0.1, 0.15) is 4.88 Å². The summed E-state index contributed by atoms with van der Waals surface area (Å²) in [6.45, 7) is 0. The first-order valence-corrected chi connectivity index (χ1v) is 11.8. The number of benzene rings is 2. The van der Waals surface area contributed by atoms with Crippen molar-refractivity contribution in [3.8, 4) is 0 Å². The average Bonchev–Trinajstić information content (AvgIpc) is 3.15. The number of nitrogens with two attached hydrogens (primary N) is 1. The van der Waals surface area contributed by atoms with Gasteiger partial charge in [-0.05, 0) is 0 Å². The molecular weight excluding hydrogens is 428 g/mol. The quantitative estimate of drug-likeness (QED) is 0.284. The zero-order valence-electron chi connectivity index (χ0n) is 12.8. The maximum absolute atomic E-state index is 6.04. The average molecular weight is 444 g/mol. The topological polar surface area (TPSA) is 60.0 Å². The molecule has 0 aliphatic rings. The van der Waals surface area contributed by atoms with E-state index in [4.69, 9.17) is 8.75 Å². The number of rotatable bonds is 5. The molecule has 1 heterocycles. The fraction of sp³-hybridized carbons (Fsp3) is 0. The molecule has 0 aliphatic carbocycles. The molecule has 0 saturated carbocycles. The van der Waals surface area contributed by atoms with Gasteiger partial charge in [0.05, 0.1) is 0 Å². The minimum atomic E-state index is -2.46. The molecular formula is C18H16N3OSSb. The van der Waals surface area contributed by atoms with Gasteiger partial charge in [-0.25, -0.2) is 0 Å². The van der Waals surface area contributed by atoms with E-state index in [0.29, 0.717) is 0 Å². The standard InChI is InChI=1S/C6H7N3OS.2C6H5.Sb/c7-6(10)9-8-4-5-2-1-3-11-5;2*1-2-4-6-5-3-1;/h1-4H,(H3,7,9,10);2*1-5H;/q;;;+1/p-1/b8-4+;;;. The number of amidine groups is 1. The van der Waals surface area contributed by atoms with Gasteiger partial charge in [0, 0.05) is 0 Å². The predicted molar refractivity (Wildman–Crippen MR) is 103 cm³/mol. The van der Waals surface area contributed by atoms with Crippen LogP contribution in [0.5, 0.6) is 0 Å². The van der Waals surface area contributed by atoms with E-state index < -0.39 is 20.6 Å². The second kappa shape index (κ2) is 8.67. The van der Waals surface area contributed by atoms with Crippen molar-refractivity contribution in [3.63, 3.8) is 0 Å². The molecule has 0 unspecified atom stereocenters. The summed E-state index contributed by atoms with van der Waals surface area (Å²) in [7, 11) is 0. The zero-order chi connectivity index (χ0) is 16.6. The van der Waals surface area contributed by atoms with Gasteiger partial charge >= 0.3 is 153 Å². The molecule has 0 amide bonds. The van der Waals surface area contributed by atoms with Crippen LogP contribution in [-0.4, -0.2) is 32.9 Å². The zero-order valence-corrected chi connectivity index (χ0v) is 16.2. The van der Waals surface area contributed by atoms with Crippen molar-refractivity contribution >= 4 is 51.2 Å². The molecule has 24 heavy (non-hydrogen) atoms. The molecule has 0 bridgehead atoms. The van der Waals surface area contributed by atoms with Gasteiger partial charge in [0.15, 0.2) is 0 Å². The predicted octanol–water partition coefficient (Wildman–Crippen LogP) is 2.22. The number of nitrogens with zero attached hydrogens (tertiary/aromatic N) is 2. The van der Waals surface area contributed by atoms with Crippen molar-refractivity contribution in [2.24, 2.45) is 15.9 Å². The molecule has 0 radical (unpaired) electrons. The van der Waals surface area contributed by atoms with Gasteiger partial charge in [-0.2, -0.15) is 0 Å². The molecule has 120 valence electrons.